The average Bonchev–Trinajstić information content (AvgIpc) is 2.77. The molecule has 0 aliphatic carbocycles. The molecule has 0 radical (unpaired) electrons. The summed E-state index contributed by atoms with van der Waals surface area (Å²) in [6, 6.07) is 5.35. The molecule has 0 aliphatic heterocycles. The molecule has 6 heteroatoms. The first-order chi connectivity index (χ1) is 10.5. The number of β-amino-alcohol motifs (C(OH)–C–C–N with tert-alkyl or cyclic N) is 1. The number of aryl methyl sites for hydroxylation is 1. The summed E-state index contributed by atoms with van der Waals surface area (Å²) in [5.41, 5.74) is 2.44. The third-order valence-electron chi connectivity index (χ3n) is 3.12. The minimum absolute atomic E-state index is 0.0366. The van der Waals surface area contributed by atoms with Crippen molar-refractivity contribution in [2.75, 3.05) is 6.54 Å². The highest BCUT2D eigenvalue weighted by Crippen LogP contribution is 2.31. The van der Waals surface area contributed by atoms with E-state index in [1.807, 2.05) is 13.0 Å². The Bertz CT molecular complexity index is 667. The summed E-state index contributed by atoms with van der Waals surface area (Å²) in [5, 5.41) is 31.7. The third-order valence-corrected chi connectivity index (χ3v) is 3.12. The fourth-order valence-corrected chi connectivity index (χ4v) is 2.16. The Labute approximate surface area is 136 Å². The summed E-state index contributed by atoms with van der Waals surface area (Å²) >= 11 is 0. The lowest BCUT2D eigenvalue weighted by atomic mass is 10.0. The second kappa shape index (κ2) is 7.48. The summed E-state index contributed by atoms with van der Waals surface area (Å²) in [6.45, 7) is 9.68. The van der Waals surface area contributed by atoms with Gasteiger partial charge in [-0.15, -0.1) is 0 Å². The molecule has 2 aromatic rings. The van der Waals surface area contributed by atoms with E-state index in [1.54, 1.807) is 12.1 Å². The molecule has 0 aliphatic rings. The standard InChI is InChI=1S/C15H22N2O2.C2H4O2/c1-9-7-11-10(5-6-12(18)14(11)17-9)13(19)8-16-15(2,3)4;1-2(3)4/h5-7,13,16-19H,8H2,1-4H3;1H3,(H,3,4). The molecule has 0 saturated heterocycles. The van der Waals surface area contributed by atoms with Crippen LogP contribution in [0.25, 0.3) is 10.9 Å². The summed E-state index contributed by atoms with van der Waals surface area (Å²) in [6.07, 6.45) is -0.600. The van der Waals surface area contributed by atoms with Gasteiger partial charge in [0.25, 0.3) is 5.97 Å². The Morgan fingerprint density at radius 2 is 1.91 bits per heavy atom. The van der Waals surface area contributed by atoms with Crippen LogP contribution in [0.3, 0.4) is 0 Å². The van der Waals surface area contributed by atoms with E-state index in [1.165, 1.54) is 0 Å². The largest absolute Gasteiger partial charge is 0.506 e. The molecule has 23 heavy (non-hydrogen) atoms. The zero-order valence-electron chi connectivity index (χ0n) is 14.3. The number of aliphatic hydroxyl groups is 1. The molecule has 0 fully saturated rings. The van der Waals surface area contributed by atoms with Crippen molar-refractivity contribution in [2.45, 2.75) is 46.3 Å². The molecule has 1 aromatic carbocycles. The predicted molar refractivity (Wildman–Crippen MR) is 90.7 cm³/mol. The van der Waals surface area contributed by atoms with Crippen LogP contribution < -0.4 is 5.32 Å². The Morgan fingerprint density at radius 1 is 1.35 bits per heavy atom. The van der Waals surface area contributed by atoms with Gasteiger partial charge in [0.05, 0.1) is 11.6 Å². The number of H-pyrrole nitrogens is 1. The molecular formula is C17H26N2O4. The van der Waals surface area contributed by atoms with Gasteiger partial charge in [-0.1, -0.05) is 6.07 Å². The Morgan fingerprint density at radius 3 is 2.43 bits per heavy atom. The number of aliphatic hydroxyl groups excluding tert-OH is 1. The molecule has 0 spiro atoms. The number of fused-ring (bicyclic) bond motifs is 1. The minimum atomic E-state index is -0.833. The monoisotopic (exact) mass is 322 g/mol. The fraction of sp³-hybridized carbons (Fsp3) is 0.471. The van der Waals surface area contributed by atoms with Gasteiger partial charge in [0, 0.05) is 30.1 Å². The van der Waals surface area contributed by atoms with Crippen molar-refractivity contribution >= 4 is 16.9 Å². The fourth-order valence-electron chi connectivity index (χ4n) is 2.16. The second-order valence-electron chi connectivity index (χ2n) is 6.58. The molecule has 128 valence electrons. The molecule has 1 heterocycles. The summed E-state index contributed by atoms with van der Waals surface area (Å²) in [7, 11) is 0. The van der Waals surface area contributed by atoms with Crippen molar-refractivity contribution < 1.29 is 20.1 Å². The van der Waals surface area contributed by atoms with Crippen LogP contribution in [0.15, 0.2) is 18.2 Å². The van der Waals surface area contributed by atoms with E-state index < -0.39 is 12.1 Å². The van der Waals surface area contributed by atoms with Gasteiger partial charge in [-0.2, -0.15) is 0 Å². The third kappa shape index (κ3) is 5.92. The summed E-state index contributed by atoms with van der Waals surface area (Å²) in [4.78, 5) is 12.1. The van der Waals surface area contributed by atoms with Gasteiger partial charge in [-0.3, -0.25) is 4.79 Å². The van der Waals surface area contributed by atoms with E-state index in [-0.39, 0.29) is 11.3 Å². The van der Waals surface area contributed by atoms with Gasteiger partial charge >= 0.3 is 0 Å². The number of aromatic nitrogens is 1. The topological polar surface area (TPSA) is 106 Å². The van der Waals surface area contributed by atoms with E-state index in [2.05, 4.69) is 31.1 Å². The van der Waals surface area contributed by atoms with Crippen molar-refractivity contribution in [3.8, 4) is 5.75 Å². The van der Waals surface area contributed by atoms with Gasteiger partial charge in [0.2, 0.25) is 0 Å². The maximum atomic E-state index is 10.3. The number of phenols is 1. The van der Waals surface area contributed by atoms with Crippen LogP contribution in [-0.2, 0) is 4.79 Å². The Balaban J connectivity index is 0.000000593. The number of carbonyl (C=O) groups is 1. The van der Waals surface area contributed by atoms with Gasteiger partial charge in [0.15, 0.2) is 0 Å². The SMILES string of the molecule is CC(=O)O.Cc1cc2c(C(O)CNC(C)(C)C)ccc(O)c2[nH]1. The number of carboxylic acid groups (broad SMARTS) is 1. The normalized spacial score (nSPS) is 12.6. The van der Waals surface area contributed by atoms with Crippen molar-refractivity contribution in [1.29, 1.82) is 0 Å². The number of nitrogens with one attached hydrogen (secondary N) is 2. The first kappa shape index (κ1) is 19.0. The van der Waals surface area contributed by atoms with Crippen molar-refractivity contribution in [3.63, 3.8) is 0 Å². The van der Waals surface area contributed by atoms with Crippen LogP contribution in [0.1, 0.15) is 45.1 Å². The summed E-state index contributed by atoms with van der Waals surface area (Å²) in [5.74, 6) is -0.622. The number of rotatable bonds is 3. The molecule has 1 aromatic heterocycles. The van der Waals surface area contributed by atoms with Crippen LogP contribution in [0.2, 0.25) is 0 Å². The van der Waals surface area contributed by atoms with Crippen molar-refractivity contribution in [2.24, 2.45) is 0 Å². The van der Waals surface area contributed by atoms with E-state index in [9.17, 15) is 10.2 Å². The quantitative estimate of drug-likeness (QED) is 0.597. The molecule has 1 atom stereocenters. The Kier molecular flexibility index (Phi) is 6.18. The number of aromatic amines is 1. The zero-order valence-corrected chi connectivity index (χ0v) is 14.3. The molecule has 0 amide bonds. The first-order valence-electron chi connectivity index (χ1n) is 7.45. The number of benzene rings is 1. The van der Waals surface area contributed by atoms with Gasteiger partial charge < -0.3 is 25.6 Å². The molecule has 1 unspecified atom stereocenters. The minimum Gasteiger partial charge on any atom is -0.506 e. The number of hydrogen-bond acceptors (Lipinski definition) is 4. The van der Waals surface area contributed by atoms with Crippen LogP contribution in [0.4, 0.5) is 0 Å². The van der Waals surface area contributed by atoms with Crippen LogP contribution in [0, 0.1) is 6.92 Å². The number of aliphatic carboxylic acids is 1. The van der Waals surface area contributed by atoms with Crippen LogP contribution >= 0.6 is 0 Å². The number of aromatic hydroxyl groups is 1. The van der Waals surface area contributed by atoms with E-state index in [0.29, 0.717) is 12.1 Å². The molecule has 0 bridgehead atoms. The van der Waals surface area contributed by atoms with E-state index >= 15 is 0 Å². The van der Waals surface area contributed by atoms with Crippen LogP contribution in [0.5, 0.6) is 5.75 Å². The van der Waals surface area contributed by atoms with Crippen molar-refractivity contribution in [1.82, 2.24) is 10.3 Å². The zero-order chi connectivity index (χ0) is 17.8. The molecular weight excluding hydrogens is 296 g/mol. The maximum absolute atomic E-state index is 10.3. The average molecular weight is 322 g/mol. The van der Waals surface area contributed by atoms with Crippen molar-refractivity contribution in [3.05, 3.63) is 29.5 Å². The summed E-state index contributed by atoms with van der Waals surface area (Å²) < 4.78 is 0. The van der Waals surface area contributed by atoms with Gasteiger partial charge in [0.1, 0.15) is 5.75 Å². The number of phenolic OH excluding ortho intramolecular Hbond substituents is 1. The maximum Gasteiger partial charge on any atom is 0.300 e. The predicted octanol–water partition coefficient (Wildman–Crippen LogP) is 2.69. The first-order valence-corrected chi connectivity index (χ1v) is 7.45. The molecule has 2 rings (SSSR count). The molecule has 5 N–H and O–H groups in total. The molecule has 6 nitrogen and oxygen atoms in total. The second-order valence-corrected chi connectivity index (χ2v) is 6.58. The number of hydrogen-bond donors (Lipinski definition) is 5. The van der Waals surface area contributed by atoms with E-state index in [0.717, 1.165) is 23.6 Å². The lowest BCUT2D eigenvalue weighted by Gasteiger charge is -2.23. The van der Waals surface area contributed by atoms with Crippen LogP contribution in [-0.4, -0.2) is 38.4 Å². The Hall–Kier alpha value is -2.05. The van der Waals surface area contributed by atoms with Gasteiger partial charge in [-0.05, 0) is 45.4 Å². The lowest BCUT2D eigenvalue weighted by molar-refractivity contribution is -0.134. The molecule has 0 saturated carbocycles. The lowest BCUT2D eigenvalue weighted by Crippen LogP contribution is -2.38. The van der Waals surface area contributed by atoms with Gasteiger partial charge in [-0.25, -0.2) is 0 Å². The smallest absolute Gasteiger partial charge is 0.300 e. The highest BCUT2D eigenvalue weighted by Gasteiger charge is 2.17. The highest BCUT2D eigenvalue weighted by atomic mass is 16.4. The van der Waals surface area contributed by atoms with E-state index in [4.69, 9.17) is 9.90 Å². The highest BCUT2D eigenvalue weighted by molar-refractivity contribution is 5.89. The number of carboxylic acids is 1.